The molecule has 210 valence electrons. The zero-order chi connectivity index (χ0) is 30.2. The van der Waals surface area contributed by atoms with Crippen molar-refractivity contribution >= 4 is 17.5 Å². The van der Waals surface area contributed by atoms with Gasteiger partial charge in [0.25, 0.3) is 0 Å². The summed E-state index contributed by atoms with van der Waals surface area (Å²) < 4.78 is 4.74. The number of aliphatic imine (C=N–C) groups is 1. The van der Waals surface area contributed by atoms with Gasteiger partial charge in [0.05, 0.1) is 19.6 Å². The molecule has 0 aliphatic heterocycles. The van der Waals surface area contributed by atoms with Gasteiger partial charge >= 0.3 is 0 Å². The maximum atomic E-state index is 12.1. The van der Waals surface area contributed by atoms with E-state index in [0.717, 1.165) is 23.6 Å². The minimum absolute atomic E-state index is 0.0386. The molecule has 0 atom stereocenters. The van der Waals surface area contributed by atoms with E-state index in [9.17, 15) is 9.59 Å². The number of nitriles is 2. The Hall–Kier alpha value is -4.27. The lowest BCUT2D eigenvalue weighted by molar-refractivity contribution is 0.0996. The third-order valence-electron chi connectivity index (χ3n) is 4.76. The Morgan fingerprint density at radius 1 is 0.923 bits per heavy atom. The molecule has 2 N–H and O–H groups in total. The quantitative estimate of drug-likeness (QED) is 0.152. The molecule has 0 heterocycles. The number of carbonyl (C=O) groups is 2. The molecule has 0 fully saturated rings. The molecule has 2 aromatic rings. The number of rotatable bonds is 7. The molecule has 0 spiro atoms. The highest BCUT2D eigenvalue weighted by Gasteiger charge is 2.14. The average Bonchev–Trinajstić information content (AvgIpc) is 2.91. The average molecular weight is 535 g/mol. The molecule has 0 aliphatic carbocycles. The van der Waals surface area contributed by atoms with E-state index in [1.807, 2.05) is 71.0 Å². The first-order valence-corrected chi connectivity index (χ1v) is 12.6. The SMILES string of the molecule is CCN/C(C)=C(/C#N)C(=O)c1ccc(C)cc1.CCN=C(C)OC.CCO.Cc1ccc(C(=O)CC#N)cc1. The van der Waals surface area contributed by atoms with Crippen LogP contribution in [0.3, 0.4) is 0 Å². The van der Waals surface area contributed by atoms with Crippen LogP contribution in [0.2, 0.25) is 0 Å². The number of ketones is 2. The molecule has 8 nitrogen and oxygen atoms in total. The fourth-order valence-corrected chi connectivity index (χ4v) is 2.71. The normalized spacial score (nSPS) is 10.3. The molecule has 2 aromatic carbocycles. The van der Waals surface area contributed by atoms with Crippen molar-refractivity contribution in [3.05, 3.63) is 82.1 Å². The standard InChI is InChI=1S/C14H16N2O.C10H9NO.C5H11NO.C2H6O/c1-4-16-11(3)13(9-15)14(17)12-7-5-10(2)6-8-12;1-8-2-4-9(5-3-8)10(12)6-7-11;1-4-6-5(2)7-3;1-2-3/h5-8,16H,4H2,1-3H3;2-5H,6H2,1H3;4H2,1-3H3;3H,2H2,1H3/b13-11-;;;. The molecular weight excluding hydrogens is 492 g/mol. The fraction of sp³-hybridized carbons (Fsp3) is 0.387. The van der Waals surface area contributed by atoms with Crippen LogP contribution in [0.15, 0.2) is 64.8 Å². The Morgan fingerprint density at radius 3 is 1.72 bits per heavy atom. The predicted molar refractivity (Wildman–Crippen MR) is 157 cm³/mol. The number of aliphatic hydroxyl groups excluding tert-OH is 1. The van der Waals surface area contributed by atoms with Crippen molar-refractivity contribution in [2.75, 3.05) is 26.8 Å². The monoisotopic (exact) mass is 534 g/mol. The first-order chi connectivity index (χ1) is 18.6. The van der Waals surface area contributed by atoms with Crippen LogP contribution in [0.1, 0.15) is 72.9 Å². The lowest BCUT2D eigenvalue weighted by Gasteiger charge is -2.06. The van der Waals surface area contributed by atoms with Crippen molar-refractivity contribution in [1.82, 2.24) is 5.32 Å². The summed E-state index contributed by atoms with van der Waals surface area (Å²) in [4.78, 5) is 27.2. The summed E-state index contributed by atoms with van der Waals surface area (Å²) in [7, 11) is 1.62. The smallest absolute Gasteiger partial charge is 0.205 e. The van der Waals surface area contributed by atoms with Crippen molar-refractivity contribution < 1.29 is 19.4 Å². The van der Waals surface area contributed by atoms with Gasteiger partial charge in [-0.3, -0.25) is 14.6 Å². The minimum Gasteiger partial charge on any atom is -0.484 e. The third kappa shape index (κ3) is 17.0. The Labute approximate surface area is 233 Å². The molecule has 0 amide bonds. The van der Waals surface area contributed by atoms with Crippen molar-refractivity contribution in [3.8, 4) is 12.1 Å². The van der Waals surface area contributed by atoms with Gasteiger partial charge in [-0.25, -0.2) is 0 Å². The highest BCUT2D eigenvalue weighted by atomic mass is 16.5. The van der Waals surface area contributed by atoms with E-state index in [-0.39, 0.29) is 30.2 Å². The van der Waals surface area contributed by atoms with E-state index in [1.165, 1.54) is 0 Å². The highest BCUT2D eigenvalue weighted by Crippen LogP contribution is 2.12. The highest BCUT2D eigenvalue weighted by molar-refractivity contribution is 6.11. The second kappa shape index (κ2) is 22.9. The zero-order valence-electron chi connectivity index (χ0n) is 24.5. The van der Waals surface area contributed by atoms with Gasteiger partial charge in [-0.1, -0.05) is 59.7 Å². The van der Waals surface area contributed by atoms with Crippen LogP contribution < -0.4 is 5.32 Å². The summed E-state index contributed by atoms with van der Waals surface area (Å²) in [5, 5.41) is 27.9. The topological polar surface area (TPSA) is 136 Å². The first kappa shape index (κ1) is 36.9. The molecule has 0 unspecified atom stereocenters. The molecular formula is C31H42N4O4. The van der Waals surface area contributed by atoms with Gasteiger partial charge < -0.3 is 15.2 Å². The number of methoxy groups -OCH3 is 1. The number of ether oxygens (including phenoxy) is 1. The van der Waals surface area contributed by atoms with Crippen LogP contribution in [0.5, 0.6) is 0 Å². The molecule has 0 aromatic heterocycles. The maximum Gasteiger partial charge on any atom is 0.205 e. The Kier molecular flexibility index (Phi) is 21.6. The predicted octanol–water partition coefficient (Wildman–Crippen LogP) is 5.75. The van der Waals surface area contributed by atoms with Gasteiger partial charge in [-0.15, -0.1) is 0 Å². The van der Waals surface area contributed by atoms with Gasteiger partial charge in [-0.05, 0) is 41.5 Å². The Morgan fingerprint density at radius 2 is 1.38 bits per heavy atom. The molecule has 0 saturated heterocycles. The molecule has 0 bridgehead atoms. The summed E-state index contributed by atoms with van der Waals surface area (Å²) >= 11 is 0. The largest absolute Gasteiger partial charge is 0.484 e. The summed E-state index contributed by atoms with van der Waals surface area (Å²) in [6.07, 6.45) is -0.0386. The second-order valence-corrected chi connectivity index (χ2v) is 7.98. The number of benzene rings is 2. The van der Waals surface area contributed by atoms with Crippen LogP contribution >= 0.6 is 0 Å². The van der Waals surface area contributed by atoms with Gasteiger partial charge in [-0.2, -0.15) is 10.5 Å². The van der Waals surface area contributed by atoms with Crippen LogP contribution in [-0.4, -0.2) is 49.4 Å². The van der Waals surface area contributed by atoms with Crippen molar-refractivity contribution in [2.45, 2.75) is 54.9 Å². The fourth-order valence-electron chi connectivity index (χ4n) is 2.71. The van der Waals surface area contributed by atoms with Crippen LogP contribution in [0, 0.1) is 36.5 Å². The lowest BCUT2D eigenvalue weighted by Crippen LogP contribution is -2.15. The van der Waals surface area contributed by atoms with E-state index >= 15 is 0 Å². The third-order valence-corrected chi connectivity index (χ3v) is 4.76. The van der Waals surface area contributed by atoms with Crippen LogP contribution in [-0.2, 0) is 4.74 Å². The number of aliphatic hydroxyl groups is 1. The summed E-state index contributed by atoms with van der Waals surface area (Å²) in [6, 6.07) is 18.2. The van der Waals surface area contributed by atoms with E-state index in [4.69, 9.17) is 20.4 Å². The van der Waals surface area contributed by atoms with Crippen molar-refractivity contribution in [1.29, 1.82) is 10.5 Å². The number of Topliss-reactive ketones (excluding diaryl/α,β-unsaturated/α-hetero) is 2. The van der Waals surface area contributed by atoms with Gasteiger partial charge in [0.15, 0.2) is 11.7 Å². The number of nitrogens with one attached hydrogen (secondary N) is 1. The van der Waals surface area contributed by atoms with Gasteiger partial charge in [0, 0.05) is 43.4 Å². The second-order valence-electron chi connectivity index (χ2n) is 7.98. The van der Waals surface area contributed by atoms with Crippen molar-refractivity contribution in [3.63, 3.8) is 0 Å². The van der Waals surface area contributed by atoms with E-state index in [0.29, 0.717) is 23.4 Å². The zero-order valence-corrected chi connectivity index (χ0v) is 24.5. The number of hydrogen-bond donors (Lipinski definition) is 2. The van der Waals surface area contributed by atoms with Crippen LogP contribution in [0.25, 0.3) is 0 Å². The summed E-state index contributed by atoms with van der Waals surface area (Å²) in [5.74, 6) is 0.408. The molecule has 39 heavy (non-hydrogen) atoms. The van der Waals surface area contributed by atoms with Crippen LogP contribution in [0.4, 0.5) is 0 Å². The van der Waals surface area contributed by atoms with Crippen molar-refractivity contribution in [2.24, 2.45) is 4.99 Å². The van der Waals surface area contributed by atoms with Gasteiger partial charge in [0.1, 0.15) is 11.6 Å². The van der Waals surface area contributed by atoms with E-state index in [2.05, 4.69) is 10.3 Å². The number of hydrogen-bond acceptors (Lipinski definition) is 8. The Bertz CT molecular complexity index is 1140. The molecule has 0 radical (unpaired) electrons. The molecule has 2 rings (SSSR count). The number of carbonyl (C=O) groups excluding carboxylic acids is 2. The summed E-state index contributed by atoms with van der Waals surface area (Å²) in [6.45, 7) is 14.8. The maximum absolute atomic E-state index is 12.1. The number of allylic oxidation sites excluding steroid dienone is 2. The van der Waals surface area contributed by atoms with E-state index in [1.54, 1.807) is 45.2 Å². The molecule has 0 aliphatic rings. The number of aryl methyl sites for hydroxylation is 2. The molecule has 8 heteroatoms. The minimum atomic E-state index is -0.231. The Balaban J connectivity index is 0. The molecule has 0 saturated carbocycles. The van der Waals surface area contributed by atoms with Gasteiger partial charge in [0.2, 0.25) is 5.78 Å². The summed E-state index contributed by atoms with van der Waals surface area (Å²) in [5.41, 5.74) is 4.17. The lowest BCUT2D eigenvalue weighted by atomic mass is 10.0. The first-order valence-electron chi connectivity index (χ1n) is 12.6. The van der Waals surface area contributed by atoms with E-state index < -0.39 is 0 Å². The number of nitrogens with zero attached hydrogens (tertiary/aromatic N) is 3.